The first-order valence-corrected chi connectivity index (χ1v) is 8.28. The number of carbonyl (C=O) groups is 1. The Morgan fingerprint density at radius 2 is 1.93 bits per heavy atom. The maximum Gasteiger partial charge on any atom is 0.416 e. The second kappa shape index (κ2) is 7.75. The van der Waals surface area contributed by atoms with E-state index in [0.717, 1.165) is 12.1 Å². The van der Waals surface area contributed by atoms with Crippen LogP contribution in [-0.2, 0) is 18.1 Å². The maximum absolute atomic E-state index is 12.8. The van der Waals surface area contributed by atoms with Gasteiger partial charge < -0.3 is 15.0 Å². The Bertz CT molecular complexity index is 1010. The van der Waals surface area contributed by atoms with Crippen LogP contribution < -0.4 is 5.32 Å². The summed E-state index contributed by atoms with van der Waals surface area (Å²) in [4.78, 5) is 20.1. The second-order valence-electron chi connectivity index (χ2n) is 6.34. The van der Waals surface area contributed by atoms with Gasteiger partial charge in [-0.3, -0.25) is 9.78 Å². The molecule has 3 aromatic rings. The number of hydrogen-bond acceptors (Lipinski definition) is 4. The molecule has 1 aromatic carbocycles. The van der Waals surface area contributed by atoms with Crippen molar-refractivity contribution in [3.05, 3.63) is 77.5 Å². The predicted molar refractivity (Wildman–Crippen MR) is 100 cm³/mol. The lowest BCUT2D eigenvalue weighted by atomic mass is 9.63. The van der Waals surface area contributed by atoms with Gasteiger partial charge in [-0.05, 0) is 29.8 Å². The molecular formula is C18H13B2F3N4O2. The van der Waals surface area contributed by atoms with Crippen molar-refractivity contribution >= 4 is 27.4 Å². The van der Waals surface area contributed by atoms with E-state index in [9.17, 15) is 23.1 Å². The molecule has 2 aromatic heterocycles. The molecule has 0 aliphatic heterocycles. The minimum atomic E-state index is -4.42. The average Bonchev–Trinajstić information content (AvgIpc) is 3.07. The number of nitrogens with one attached hydrogen (secondary N) is 1. The lowest BCUT2D eigenvalue weighted by Gasteiger charge is -2.17. The first-order valence-electron chi connectivity index (χ1n) is 8.28. The minimum absolute atomic E-state index is 0.0144. The van der Waals surface area contributed by atoms with E-state index in [2.05, 4.69) is 15.3 Å². The van der Waals surface area contributed by atoms with Crippen LogP contribution in [0.25, 0.3) is 0 Å². The number of benzene rings is 1. The van der Waals surface area contributed by atoms with Crippen LogP contribution in [0, 0.1) is 0 Å². The van der Waals surface area contributed by atoms with Crippen molar-refractivity contribution in [1.29, 1.82) is 0 Å². The SMILES string of the molecule is [B]C([B])(O)c1ccc(C(=O)Nc2cn(Cc3cccc(C(F)(F)F)c3)cn2)cn1. The Morgan fingerprint density at radius 1 is 1.17 bits per heavy atom. The third-order valence-corrected chi connectivity index (χ3v) is 3.93. The molecule has 4 radical (unpaired) electrons. The van der Waals surface area contributed by atoms with Gasteiger partial charge in [0.2, 0.25) is 0 Å². The molecule has 3 rings (SSSR count). The number of pyridine rings is 1. The van der Waals surface area contributed by atoms with Crippen LogP contribution in [-0.4, -0.2) is 41.2 Å². The normalized spacial score (nSPS) is 12.0. The average molecular weight is 396 g/mol. The fraction of sp³-hybridized carbons (Fsp3) is 0.167. The van der Waals surface area contributed by atoms with Gasteiger partial charge in [0, 0.05) is 24.3 Å². The molecule has 0 unspecified atom stereocenters. The van der Waals surface area contributed by atoms with Crippen molar-refractivity contribution in [1.82, 2.24) is 14.5 Å². The highest BCUT2D eigenvalue weighted by atomic mass is 19.4. The number of rotatable bonds is 5. The molecule has 1 amide bonds. The first-order chi connectivity index (χ1) is 13.5. The Kier molecular flexibility index (Phi) is 5.52. The monoisotopic (exact) mass is 396 g/mol. The Morgan fingerprint density at radius 3 is 2.55 bits per heavy atom. The lowest BCUT2D eigenvalue weighted by Crippen LogP contribution is -2.27. The second-order valence-corrected chi connectivity index (χ2v) is 6.34. The van der Waals surface area contributed by atoms with Crippen LogP contribution >= 0.6 is 0 Å². The largest absolute Gasteiger partial charge is 0.416 e. The standard InChI is InChI=1S/C18H13B2F3N4O2/c19-17(20,29)14-5-4-12(7-24-14)16(28)26-15-9-27(10-25-15)8-11-2-1-3-13(6-11)18(21,22)23/h1-7,9-10,29H,8H2,(H,26,28). The highest BCUT2D eigenvalue weighted by molar-refractivity contribution is 6.38. The van der Waals surface area contributed by atoms with Gasteiger partial charge in [0.25, 0.3) is 5.91 Å². The van der Waals surface area contributed by atoms with Gasteiger partial charge in [-0.1, -0.05) is 12.1 Å². The van der Waals surface area contributed by atoms with Gasteiger partial charge in [0.15, 0.2) is 5.82 Å². The molecule has 0 atom stereocenters. The zero-order valence-electron chi connectivity index (χ0n) is 14.9. The summed E-state index contributed by atoms with van der Waals surface area (Å²) in [6, 6.07) is 7.64. The summed E-state index contributed by atoms with van der Waals surface area (Å²) in [5.41, 5.74) is -0.141. The zero-order chi connectivity index (χ0) is 21.2. The molecule has 2 N–H and O–H groups in total. The molecule has 6 nitrogen and oxygen atoms in total. The van der Waals surface area contributed by atoms with Crippen LogP contribution in [0.4, 0.5) is 19.0 Å². The molecule has 0 aliphatic rings. The van der Waals surface area contributed by atoms with Crippen molar-refractivity contribution in [3.8, 4) is 0 Å². The molecule has 0 spiro atoms. The van der Waals surface area contributed by atoms with E-state index in [1.807, 2.05) is 0 Å². The van der Waals surface area contributed by atoms with Gasteiger partial charge in [-0.2, -0.15) is 13.2 Å². The van der Waals surface area contributed by atoms with Gasteiger partial charge >= 0.3 is 6.18 Å². The first kappa shape index (κ1) is 20.7. The van der Waals surface area contributed by atoms with E-state index in [4.69, 9.17) is 15.7 Å². The van der Waals surface area contributed by atoms with Crippen LogP contribution in [0.5, 0.6) is 0 Å². The Hall–Kier alpha value is -3.07. The molecule has 11 heteroatoms. The summed E-state index contributed by atoms with van der Waals surface area (Å²) >= 11 is 0. The third kappa shape index (κ3) is 5.26. The number of carbonyl (C=O) groups excluding carboxylic acids is 1. The Balaban J connectivity index is 1.67. The van der Waals surface area contributed by atoms with Gasteiger partial charge in [-0.25, -0.2) is 4.98 Å². The summed E-state index contributed by atoms with van der Waals surface area (Å²) < 4.78 is 40.0. The number of aromatic nitrogens is 3. The number of imidazole rings is 1. The van der Waals surface area contributed by atoms with Crippen LogP contribution in [0.3, 0.4) is 0 Å². The lowest BCUT2D eigenvalue weighted by molar-refractivity contribution is -0.137. The highest BCUT2D eigenvalue weighted by Gasteiger charge is 2.30. The highest BCUT2D eigenvalue weighted by Crippen LogP contribution is 2.29. The summed E-state index contributed by atoms with van der Waals surface area (Å²) in [5.74, 6) is -0.314. The fourth-order valence-electron chi connectivity index (χ4n) is 2.52. The summed E-state index contributed by atoms with van der Waals surface area (Å²) in [6.07, 6.45) is -0.356. The number of alkyl halides is 3. The summed E-state index contributed by atoms with van der Waals surface area (Å²) in [5, 5.41) is 9.89. The predicted octanol–water partition coefficient (Wildman–Crippen LogP) is 2.04. The van der Waals surface area contributed by atoms with Gasteiger partial charge in [-0.15, -0.1) is 0 Å². The molecular weight excluding hydrogens is 383 g/mol. The molecule has 29 heavy (non-hydrogen) atoms. The maximum atomic E-state index is 12.8. The van der Waals surface area contributed by atoms with E-state index in [0.29, 0.717) is 5.56 Å². The number of aliphatic hydroxyl groups is 1. The molecule has 0 saturated carbocycles. The van der Waals surface area contributed by atoms with Crippen LogP contribution in [0.2, 0.25) is 0 Å². The van der Waals surface area contributed by atoms with Crippen molar-refractivity contribution in [3.63, 3.8) is 0 Å². The van der Waals surface area contributed by atoms with Gasteiger partial charge in [0.1, 0.15) is 15.7 Å². The number of anilines is 1. The Labute approximate surface area is 166 Å². The molecule has 0 fully saturated rings. The van der Waals surface area contributed by atoms with Crippen molar-refractivity contribution in [2.75, 3.05) is 5.32 Å². The minimum Gasteiger partial charge on any atom is -0.403 e. The van der Waals surface area contributed by atoms with Crippen molar-refractivity contribution in [2.24, 2.45) is 0 Å². The van der Waals surface area contributed by atoms with Gasteiger partial charge in [0.05, 0.1) is 23.1 Å². The number of halogens is 3. The van der Waals surface area contributed by atoms with E-state index in [1.54, 1.807) is 6.07 Å². The fourth-order valence-corrected chi connectivity index (χ4v) is 2.52. The quantitative estimate of drug-likeness (QED) is 0.648. The van der Waals surface area contributed by atoms with E-state index in [-0.39, 0.29) is 23.6 Å². The van der Waals surface area contributed by atoms with E-state index >= 15 is 0 Å². The van der Waals surface area contributed by atoms with E-state index < -0.39 is 23.0 Å². The third-order valence-electron chi connectivity index (χ3n) is 3.93. The van der Waals surface area contributed by atoms with Crippen LogP contribution in [0.15, 0.2) is 55.1 Å². The molecule has 0 aliphatic carbocycles. The van der Waals surface area contributed by atoms with Crippen LogP contribution in [0.1, 0.15) is 27.2 Å². The molecule has 2 heterocycles. The number of amides is 1. The topological polar surface area (TPSA) is 80.0 Å². The smallest absolute Gasteiger partial charge is 0.403 e. The summed E-state index contributed by atoms with van der Waals surface area (Å²) in [7, 11) is 10.6. The molecule has 0 bridgehead atoms. The number of hydrogen-bond donors (Lipinski definition) is 2. The van der Waals surface area contributed by atoms with Crippen molar-refractivity contribution in [2.45, 2.75) is 18.1 Å². The molecule has 144 valence electrons. The zero-order valence-corrected chi connectivity index (χ0v) is 14.9. The van der Waals surface area contributed by atoms with Crippen molar-refractivity contribution < 1.29 is 23.1 Å². The van der Waals surface area contributed by atoms with E-state index in [1.165, 1.54) is 41.5 Å². The molecule has 0 saturated heterocycles. The number of nitrogens with zero attached hydrogens (tertiary/aromatic N) is 3. The summed E-state index contributed by atoms with van der Waals surface area (Å²) in [6.45, 7) is 0.147.